The van der Waals surface area contributed by atoms with Gasteiger partial charge < -0.3 is 19.8 Å². The van der Waals surface area contributed by atoms with E-state index in [0.29, 0.717) is 15.8 Å². The molecule has 120 valence electrons. The number of carbonyl (C=O) groups is 1. The summed E-state index contributed by atoms with van der Waals surface area (Å²) >= 11 is 11.3. The number of carboxylic acids is 1. The van der Waals surface area contributed by atoms with Gasteiger partial charge in [-0.3, -0.25) is 0 Å². The quantitative estimate of drug-likeness (QED) is 0.800. The van der Waals surface area contributed by atoms with E-state index in [9.17, 15) is 4.79 Å². The fraction of sp³-hybridized carbons (Fsp3) is 0.500. The van der Waals surface area contributed by atoms with Gasteiger partial charge in [-0.15, -0.1) is 0 Å². The van der Waals surface area contributed by atoms with E-state index in [4.69, 9.17) is 38.2 Å². The van der Waals surface area contributed by atoms with Gasteiger partial charge in [0.1, 0.15) is 5.75 Å². The predicted octanol–water partition coefficient (Wildman–Crippen LogP) is 2.78. The number of aliphatic carboxylic acids is 1. The molecule has 0 unspecified atom stereocenters. The molecule has 2 N–H and O–H groups in total. The third-order valence-corrected chi connectivity index (χ3v) is 3.09. The zero-order valence-corrected chi connectivity index (χ0v) is 13.7. The molecule has 0 bridgehead atoms. The van der Waals surface area contributed by atoms with Crippen molar-refractivity contribution in [1.82, 2.24) is 4.90 Å². The zero-order valence-electron chi connectivity index (χ0n) is 12.2. The second kappa shape index (κ2) is 11.6. The Bertz CT molecular complexity index is 425. The fourth-order valence-electron chi connectivity index (χ4n) is 1.41. The highest BCUT2D eigenvalue weighted by atomic mass is 35.5. The zero-order chi connectivity index (χ0) is 16.3. The van der Waals surface area contributed by atoms with E-state index in [-0.39, 0.29) is 6.61 Å². The van der Waals surface area contributed by atoms with Crippen molar-refractivity contribution in [3.63, 3.8) is 0 Å². The van der Waals surface area contributed by atoms with Crippen LogP contribution in [0.1, 0.15) is 13.8 Å². The molecule has 0 aliphatic carbocycles. The van der Waals surface area contributed by atoms with E-state index in [1.807, 2.05) is 0 Å². The van der Waals surface area contributed by atoms with Gasteiger partial charge in [0.05, 0.1) is 11.6 Å². The van der Waals surface area contributed by atoms with E-state index >= 15 is 0 Å². The van der Waals surface area contributed by atoms with Crippen molar-refractivity contribution in [2.75, 3.05) is 32.8 Å². The first-order valence-corrected chi connectivity index (χ1v) is 7.33. The second-order valence-corrected chi connectivity index (χ2v) is 4.85. The minimum Gasteiger partial charge on any atom is -0.480 e. The number of benzene rings is 1. The molecule has 0 amide bonds. The lowest BCUT2D eigenvalue weighted by Crippen LogP contribution is -2.25. The normalized spacial score (nSPS) is 10.0. The summed E-state index contributed by atoms with van der Waals surface area (Å²) in [7, 11) is 0. The van der Waals surface area contributed by atoms with Gasteiger partial charge in [-0.25, -0.2) is 4.79 Å². The van der Waals surface area contributed by atoms with Crippen LogP contribution in [0.2, 0.25) is 10.0 Å². The van der Waals surface area contributed by atoms with Gasteiger partial charge >= 0.3 is 5.97 Å². The SMILES string of the molecule is CCN(CC)CCO.O=C(O)COc1ccc(Cl)cc1Cl. The Morgan fingerprint density at radius 2 is 1.90 bits per heavy atom. The van der Waals surface area contributed by atoms with Crippen LogP contribution in [-0.2, 0) is 4.79 Å². The van der Waals surface area contributed by atoms with Gasteiger partial charge in [-0.1, -0.05) is 37.0 Å². The number of hydrogen-bond donors (Lipinski definition) is 2. The summed E-state index contributed by atoms with van der Waals surface area (Å²) in [6.45, 7) is 6.95. The molecule has 0 atom stereocenters. The minimum atomic E-state index is -1.05. The van der Waals surface area contributed by atoms with Crippen molar-refractivity contribution in [3.05, 3.63) is 28.2 Å². The molecule has 0 radical (unpaired) electrons. The third kappa shape index (κ3) is 9.52. The highest BCUT2D eigenvalue weighted by molar-refractivity contribution is 6.35. The van der Waals surface area contributed by atoms with Crippen LogP contribution in [0, 0.1) is 0 Å². The lowest BCUT2D eigenvalue weighted by atomic mass is 10.3. The number of aliphatic hydroxyl groups is 1. The predicted molar refractivity (Wildman–Crippen MR) is 84.5 cm³/mol. The number of carboxylic acid groups (broad SMARTS) is 1. The fourth-order valence-corrected chi connectivity index (χ4v) is 1.88. The van der Waals surface area contributed by atoms with Crippen molar-refractivity contribution in [2.24, 2.45) is 0 Å². The number of hydrogen-bond acceptors (Lipinski definition) is 4. The highest BCUT2D eigenvalue weighted by Gasteiger charge is 2.04. The molecule has 5 nitrogen and oxygen atoms in total. The first-order valence-electron chi connectivity index (χ1n) is 6.57. The number of rotatable bonds is 7. The number of ether oxygens (including phenoxy) is 1. The highest BCUT2D eigenvalue weighted by Crippen LogP contribution is 2.27. The Labute approximate surface area is 135 Å². The van der Waals surface area contributed by atoms with E-state index in [2.05, 4.69) is 18.7 Å². The molecule has 0 heterocycles. The first-order chi connectivity index (χ1) is 9.94. The maximum absolute atomic E-state index is 10.2. The summed E-state index contributed by atoms with van der Waals surface area (Å²) in [5.74, 6) is -0.737. The molecule has 7 heteroatoms. The van der Waals surface area contributed by atoms with Crippen LogP contribution in [0.25, 0.3) is 0 Å². The van der Waals surface area contributed by atoms with Crippen LogP contribution in [0.4, 0.5) is 0 Å². The Morgan fingerprint density at radius 3 is 2.29 bits per heavy atom. The number of halogens is 2. The van der Waals surface area contributed by atoms with Gasteiger partial charge in [0.25, 0.3) is 0 Å². The summed E-state index contributed by atoms with van der Waals surface area (Å²) in [5.41, 5.74) is 0. The van der Waals surface area contributed by atoms with Gasteiger partial charge in [-0.2, -0.15) is 0 Å². The molecule has 0 aromatic heterocycles. The molecule has 1 rings (SSSR count). The van der Waals surface area contributed by atoms with Gasteiger partial charge in [0.2, 0.25) is 0 Å². The van der Waals surface area contributed by atoms with E-state index in [1.54, 1.807) is 6.07 Å². The topological polar surface area (TPSA) is 70.0 Å². The van der Waals surface area contributed by atoms with Crippen molar-refractivity contribution in [3.8, 4) is 5.75 Å². The molecule has 0 saturated heterocycles. The standard InChI is InChI=1S/C8H6Cl2O3.C6H15NO/c9-5-1-2-7(6(10)3-5)13-4-8(11)12;1-3-7(4-2)5-6-8/h1-3H,4H2,(H,11,12);8H,3-6H2,1-2H3. The largest absolute Gasteiger partial charge is 0.480 e. The van der Waals surface area contributed by atoms with E-state index < -0.39 is 12.6 Å². The molecular formula is C14H21Cl2NO4. The summed E-state index contributed by atoms with van der Waals surface area (Å²) in [5, 5.41) is 17.6. The number of nitrogens with zero attached hydrogens (tertiary/aromatic N) is 1. The van der Waals surface area contributed by atoms with Crippen molar-refractivity contribution < 1.29 is 19.7 Å². The van der Waals surface area contributed by atoms with Crippen LogP contribution in [-0.4, -0.2) is 53.9 Å². The molecule has 0 spiro atoms. The molecule has 0 aliphatic rings. The molecule has 1 aromatic rings. The minimum absolute atomic E-state index is 0.279. The second-order valence-electron chi connectivity index (χ2n) is 4.01. The maximum atomic E-state index is 10.2. The molecule has 21 heavy (non-hydrogen) atoms. The summed E-state index contributed by atoms with van der Waals surface area (Å²) < 4.78 is 4.86. The Hall–Kier alpha value is -1.01. The Kier molecular flexibility index (Phi) is 11.1. The third-order valence-electron chi connectivity index (χ3n) is 2.56. The lowest BCUT2D eigenvalue weighted by Gasteiger charge is -2.15. The molecule has 0 aliphatic heterocycles. The average molecular weight is 338 g/mol. The van der Waals surface area contributed by atoms with Crippen LogP contribution >= 0.6 is 23.2 Å². The van der Waals surface area contributed by atoms with Crippen molar-refractivity contribution >= 4 is 29.2 Å². The van der Waals surface area contributed by atoms with Gasteiger partial charge in [0, 0.05) is 11.6 Å². The summed E-state index contributed by atoms with van der Waals surface area (Å²) in [6.07, 6.45) is 0. The van der Waals surface area contributed by atoms with Crippen molar-refractivity contribution in [2.45, 2.75) is 13.8 Å². The van der Waals surface area contributed by atoms with E-state index in [1.165, 1.54) is 12.1 Å². The van der Waals surface area contributed by atoms with Gasteiger partial charge in [0.15, 0.2) is 6.61 Å². The van der Waals surface area contributed by atoms with E-state index in [0.717, 1.165) is 19.6 Å². The lowest BCUT2D eigenvalue weighted by molar-refractivity contribution is -0.139. The Balaban J connectivity index is 0.000000433. The summed E-state index contributed by atoms with van der Waals surface area (Å²) in [4.78, 5) is 12.3. The molecular weight excluding hydrogens is 317 g/mol. The molecule has 1 aromatic carbocycles. The van der Waals surface area contributed by atoms with Crippen LogP contribution in [0.3, 0.4) is 0 Å². The number of aliphatic hydroxyl groups excluding tert-OH is 1. The van der Waals surface area contributed by atoms with Crippen LogP contribution < -0.4 is 4.74 Å². The summed E-state index contributed by atoms with van der Waals surface area (Å²) in [6, 6.07) is 4.58. The maximum Gasteiger partial charge on any atom is 0.341 e. The van der Waals surface area contributed by atoms with Gasteiger partial charge in [-0.05, 0) is 31.3 Å². The van der Waals surface area contributed by atoms with Crippen LogP contribution in [0.15, 0.2) is 18.2 Å². The van der Waals surface area contributed by atoms with Crippen LogP contribution in [0.5, 0.6) is 5.75 Å². The molecule has 0 fully saturated rings. The monoisotopic (exact) mass is 337 g/mol. The first kappa shape index (κ1) is 20.0. The smallest absolute Gasteiger partial charge is 0.341 e. The Morgan fingerprint density at radius 1 is 1.29 bits per heavy atom. The number of likely N-dealkylation sites (N-methyl/N-ethyl adjacent to an activating group) is 1. The average Bonchev–Trinajstić information content (AvgIpc) is 2.44. The van der Waals surface area contributed by atoms with Crippen molar-refractivity contribution in [1.29, 1.82) is 0 Å². The molecule has 0 saturated carbocycles.